The SMILES string of the molecule is COC(=O)c1cc(OCc2ccc(C)cc2C)c2cc(OC)ccc2n1. The van der Waals surface area contributed by atoms with Gasteiger partial charge in [0, 0.05) is 11.5 Å². The Morgan fingerprint density at radius 1 is 1.04 bits per heavy atom. The number of rotatable bonds is 5. The van der Waals surface area contributed by atoms with Crippen LogP contribution in [0.15, 0.2) is 42.5 Å². The number of hydrogen-bond donors (Lipinski definition) is 0. The van der Waals surface area contributed by atoms with Crippen molar-refractivity contribution >= 4 is 16.9 Å². The maximum Gasteiger partial charge on any atom is 0.356 e. The maximum atomic E-state index is 11.9. The van der Waals surface area contributed by atoms with E-state index in [1.807, 2.05) is 6.07 Å². The number of nitrogens with zero attached hydrogens (tertiary/aromatic N) is 1. The van der Waals surface area contributed by atoms with Crippen LogP contribution in [0.5, 0.6) is 11.5 Å². The zero-order valence-electron chi connectivity index (χ0n) is 15.3. The molecule has 0 amide bonds. The molecule has 0 fully saturated rings. The van der Waals surface area contributed by atoms with Gasteiger partial charge < -0.3 is 14.2 Å². The Morgan fingerprint density at radius 3 is 2.54 bits per heavy atom. The van der Waals surface area contributed by atoms with Gasteiger partial charge in [-0.1, -0.05) is 23.8 Å². The Balaban J connectivity index is 2.02. The van der Waals surface area contributed by atoms with Crippen molar-refractivity contribution in [2.45, 2.75) is 20.5 Å². The summed E-state index contributed by atoms with van der Waals surface area (Å²) in [5.74, 6) is 0.759. The standard InChI is InChI=1S/C21H21NO4/c1-13-5-6-15(14(2)9-13)12-26-20-11-19(21(23)25-4)22-18-8-7-16(24-3)10-17(18)20/h5-11H,12H2,1-4H3. The van der Waals surface area contributed by atoms with Crippen LogP contribution in [-0.2, 0) is 11.3 Å². The molecule has 0 bridgehead atoms. The smallest absolute Gasteiger partial charge is 0.356 e. The second kappa shape index (κ2) is 7.44. The van der Waals surface area contributed by atoms with Crippen molar-refractivity contribution in [3.05, 3.63) is 64.8 Å². The van der Waals surface area contributed by atoms with E-state index < -0.39 is 5.97 Å². The molecule has 0 saturated carbocycles. The molecule has 0 spiro atoms. The lowest BCUT2D eigenvalue weighted by Gasteiger charge is -2.13. The highest BCUT2D eigenvalue weighted by Gasteiger charge is 2.14. The van der Waals surface area contributed by atoms with Crippen molar-refractivity contribution in [3.63, 3.8) is 0 Å². The Bertz CT molecular complexity index is 966. The van der Waals surface area contributed by atoms with Crippen LogP contribution < -0.4 is 9.47 Å². The summed E-state index contributed by atoms with van der Waals surface area (Å²) in [6, 6.07) is 13.3. The molecule has 5 heteroatoms. The van der Waals surface area contributed by atoms with Gasteiger partial charge in [-0.3, -0.25) is 0 Å². The number of hydrogen-bond acceptors (Lipinski definition) is 5. The first-order valence-electron chi connectivity index (χ1n) is 8.28. The first-order chi connectivity index (χ1) is 12.5. The van der Waals surface area contributed by atoms with Gasteiger partial charge in [0.2, 0.25) is 0 Å². The van der Waals surface area contributed by atoms with Crippen LogP contribution in [0.3, 0.4) is 0 Å². The first-order valence-corrected chi connectivity index (χ1v) is 8.28. The van der Waals surface area contributed by atoms with Crippen LogP contribution in [-0.4, -0.2) is 25.2 Å². The molecule has 3 rings (SSSR count). The number of fused-ring (bicyclic) bond motifs is 1. The van der Waals surface area contributed by atoms with Crippen molar-refractivity contribution in [2.24, 2.45) is 0 Å². The molecule has 0 unspecified atom stereocenters. The van der Waals surface area contributed by atoms with Gasteiger partial charge in [-0.15, -0.1) is 0 Å². The van der Waals surface area contributed by atoms with Crippen LogP contribution in [0, 0.1) is 13.8 Å². The van der Waals surface area contributed by atoms with E-state index in [1.165, 1.54) is 12.7 Å². The predicted octanol–water partition coefficient (Wildman–Crippen LogP) is 4.23. The average Bonchev–Trinajstić information content (AvgIpc) is 2.65. The molecule has 5 nitrogen and oxygen atoms in total. The predicted molar refractivity (Wildman–Crippen MR) is 99.9 cm³/mol. The summed E-state index contributed by atoms with van der Waals surface area (Å²) in [5, 5.41) is 0.779. The van der Waals surface area contributed by atoms with E-state index in [2.05, 4.69) is 37.0 Å². The Morgan fingerprint density at radius 2 is 1.85 bits per heavy atom. The fourth-order valence-corrected chi connectivity index (χ4v) is 2.79. The van der Waals surface area contributed by atoms with Gasteiger partial charge in [0.15, 0.2) is 5.69 Å². The highest BCUT2D eigenvalue weighted by molar-refractivity contribution is 5.94. The highest BCUT2D eigenvalue weighted by atomic mass is 16.5. The zero-order chi connectivity index (χ0) is 18.7. The molecule has 0 aliphatic carbocycles. The summed E-state index contributed by atoms with van der Waals surface area (Å²) in [4.78, 5) is 16.3. The molecule has 3 aromatic rings. The van der Waals surface area contributed by atoms with Crippen LogP contribution in [0.25, 0.3) is 10.9 Å². The van der Waals surface area contributed by atoms with Crippen LogP contribution in [0.2, 0.25) is 0 Å². The molecule has 0 aliphatic heterocycles. The monoisotopic (exact) mass is 351 g/mol. The molecule has 0 saturated heterocycles. The maximum absolute atomic E-state index is 11.9. The van der Waals surface area contributed by atoms with Crippen LogP contribution in [0.4, 0.5) is 0 Å². The topological polar surface area (TPSA) is 57.7 Å². The number of esters is 1. The molecule has 0 radical (unpaired) electrons. The number of aryl methyl sites for hydroxylation is 2. The molecule has 1 aromatic heterocycles. The molecular formula is C21H21NO4. The quantitative estimate of drug-likeness (QED) is 0.644. The third-order valence-corrected chi connectivity index (χ3v) is 4.25. The zero-order valence-corrected chi connectivity index (χ0v) is 15.3. The number of methoxy groups -OCH3 is 2. The van der Waals surface area contributed by atoms with E-state index in [9.17, 15) is 4.79 Å². The summed E-state index contributed by atoms with van der Waals surface area (Å²) in [6.07, 6.45) is 0. The second-order valence-corrected chi connectivity index (χ2v) is 6.10. The summed E-state index contributed by atoms with van der Waals surface area (Å²) >= 11 is 0. The van der Waals surface area contributed by atoms with E-state index in [-0.39, 0.29) is 5.69 Å². The van der Waals surface area contributed by atoms with Crippen molar-refractivity contribution < 1.29 is 19.0 Å². The van der Waals surface area contributed by atoms with Crippen molar-refractivity contribution in [1.29, 1.82) is 0 Å². The van der Waals surface area contributed by atoms with Crippen LogP contribution >= 0.6 is 0 Å². The van der Waals surface area contributed by atoms with Crippen molar-refractivity contribution in [3.8, 4) is 11.5 Å². The summed E-state index contributed by atoms with van der Waals surface area (Å²) < 4.78 is 16.2. The van der Waals surface area contributed by atoms with Gasteiger partial charge in [-0.25, -0.2) is 9.78 Å². The van der Waals surface area contributed by atoms with E-state index in [1.54, 1.807) is 25.3 Å². The molecule has 0 N–H and O–H groups in total. The summed E-state index contributed by atoms with van der Waals surface area (Å²) in [7, 11) is 2.94. The van der Waals surface area contributed by atoms with Crippen molar-refractivity contribution in [1.82, 2.24) is 4.98 Å². The molecule has 1 heterocycles. The Hall–Kier alpha value is -3.08. The number of carbonyl (C=O) groups excluding carboxylic acids is 1. The lowest BCUT2D eigenvalue weighted by molar-refractivity contribution is 0.0594. The van der Waals surface area contributed by atoms with E-state index in [4.69, 9.17) is 14.2 Å². The number of ether oxygens (including phenoxy) is 3. The number of aromatic nitrogens is 1. The van der Waals surface area contributed by atoms with Crippen molar-refractivity contribution in [2.75, 3.05) is 14.2 Å². The van der Waals surface area contributed by atoms with E-state index in [0.29, 0.717) is 23.6 Å². The van der Waals surface area contributed by atoms with Crippen LogP contribution in [0.1, 0.15) is 27.2 Å². The van der Waals surface area contributed by atoms with E-state index >= 15 is 0 Å². The highest BCUT2D eigenvalue weighted by Crippen LogP contribution is 2.30. The lowest BCUT2D eigenvalue weighted by Crippen LogP contribution is -2.06. The number of carbonyl (C=O) groups is 1. The van der Waals surface area contributed by atoms with E-state index in [0.717, 1.165) is 16.5 Å². The minimum Gasteiger partial charge on any atom is -0.497 e. The molecule has 26 heavy (non-hydrogen) atoms. The lowest BCUT2D eigenvalue weighted by atomic mass is 10.1. The summed E-state index contributed by atoms with van der Waals surface area (Å²) in [6.45, 7) is 4.51. The molecule has 2 aromatic carbocycles. The average molecular weight is 351 g/mol. The fourth-order valence-electron chi connectivity index (χ4n) is 2.79. The van der Waals surface area contributed by atoms with Gasteiger partial charge in [0.05, 0.1) is 19.7 Å². The Labute approximate surface area is 152 Å². The van der Waals surface area contributed by atoms with Gasteiger partial charge >= 0.3 is 5.97 Å². The number of pyridine rings is 1. The number of benzene rings is 2. The Kier molecular flexibility index (Phi) is 5.07. The molecule has 0 aliphatic rings. The normalized spacial score (nSPS) is 10.6. The van der Waals surface area contributed by atoms with Gasteiger partial charge in [-0.2, -0.15) is 0 Å². The molecule has 0 atom stereocenters. The summed E-state index contributed by atoms with van der Waals surface area (Å²) in [5.41, 5.74) is 4.31. The largest absolute Gasteiger partial charge is 0.497 e. The van der Waals surface area contributed by atoms with Gasteiger partial charge in [-0.05, 0) is 43.2 Å². The fraction of sp³-hybridized carbons (Fsp3) is 0.238. The van der Waals surface area contributed by atoms with Gasteiger partial charge in [0.25, 0.3) is 0 Å². The molecular weight excluding hydrogens is 330 g/mol. The first kappa shape index (κ1) is 17.7. The third-order valence-electron chi connectivity index (χ3n) is 4.25. The minimum atomic E-state index is -0.501. The second-order valence-electron chi connectivity index (χ2n) is 6.10. The van der Waals surface area contributed by atoms with Gasteiger partial charge in [0.1, 0.15) is 18.1 Å². The molecule has 134 valence electrons. The third kappa shape index (κ3) is 3.61. The minimum absolute atomic E-state index is 0.209.